The van der Waals surface area contributed by atoms with Gasteiger partial charge in [-0.2, -0.15) is 5.10 Å². The Kier molecular flexibility index (Phi) is 5.08. The highest BCUT2D eigenvalue weighted by Gasteiger charge is 2.23. The number of nitrogens with zero attached hydrogens (tertiary/aromatic N) is 3. The smallest absolute Gasteiger partial charge is 0.276 e. The third-order valence-electron chi connectivity index (χ3n) is 3.79. The van der Waals surface area contributed by atoms with Crippen molar-refractivity contribution in [3.05, 3.63) is 78.2 Å². The first-order valence-corrected chi connectivity index (χ1v) is 8.17. The quantitative estimate of drug-likeness (QED) is 0.262. The standard InChI is InChI=1S/C16H11Cl2N5O4/c17-9-3-1-7(5-10(9)18)15(24)13(22-19)14-16(25)21-12-6-8(23(26)27)2-4-11(12)20-14/h1-6,15,24H,19H2,(H,21,25)/b22-13-/t15-/m1/s1. The van der Waals surface area contributed by atoms with Crippen molar-refractivity contribution in [1.29, 1.82) is 0 Å². The van der Waals surface area contributed by atoms with Gasteiger partial charge < -0.3 is 15.9 Å². The second-order valence-corrected chi connectivity index (χ2v) is 6.28. The van der Waals surface area contributed by atoms with Crippen LogP contribution in [0.4, 0.5) is 5.69 Å². The Bertz CT molecular complexity index is 1150. The molecule has 0 bridgehead atoms. The molecule has 4 N–H and O–H groups in total. The summed E-state index contributed by atoms with van der Waals surface area (Å²) in [7, 11) is 0. The molecule has 138 valence electrons. The van der Waals surface area contributed by atoms with E-state index in [1.54, 1.807) is 0 Å². The van der Waals surface area contributed by atoms with Gasteiger partial charge in [0.2, 0.25) is 0 Å². The van der Waals surface area contributed by atoms with Crippen LogP contribution in [-0.2, 0) is 0 Å². The zero-order chi connectivity index (χ0) is 19.7. The Balaban J connectivity index is 2.09. The number of nitro benzene ring substituents is 1. The van der Waals surface area contributed by atoms with Gasteiger partial charge in [-0.25, -0.2) is 4.98 Å². The molecule has 1 aromatic heterocycles. The summed E-state index contributed by atoms with van der Waals surface area (Å²) < 4.78 is 0. The van der Waals surface area contributed by atoms with Crippen LogP contribution in [0.25, 0.3) is 11.0 Å². The summed E-state index contributed by atoms with van der Waals surface area (Å²) in [5, 5.41) is 25.4. The Morgan fingerprint density at radius 3 is 2.63 bits per heavy atom. The number of hydrogen-bond acceptors (Lipinski definition) is 7. The van der Waals surface area contributed by atoms with Gasteiger partial charge in [0, 0.05) is 12.1 Å². The first-order chi connectivity index (χ1) is 12.8. The third kappa shape index (κ3) is 3.61. The molecule has 0 amide bonds. The number of nitrogens with two attached hydrogens (primary N) is 1. The average molecular weight is 408 g/mol. The molecule has 0 unspecified atom stereocenters. The fraction of sp³-hybridized carbons (Fsp3) is 0.0625. The number of benzene rings is 2. The number of hydrazone groups is 1. The number of H-pyrrole nitrogens is 1. The van der Waals surface area contributed by atoms with E-state index < -0.39 is 16.6 Å². The second-order valence-electron chi connectivity index (χ2n) is 5.46. The van der Waals surface area contributed by atoms with E-state index in [9.17, 15) is 20.0 Å². The molecule has 3 aromatic rings. The summed E-state index contributed by atoms with van der Waals surface area (Å²) in [6, 6.07) is 8.19. The van der Waals surface area contributed by atoms with Gasteiger partial charge in [-0.3, -0.25) is 14.9 Å². The fourth-order valence-electron chi connectivity index (χ4n) is 2.46. The highest BCUT2D eigenvalue weighted by atomic mass is 35.5. The van der Waals surface area contributed by atoms with E-state index in [1.807, 2.05) is 0 Å². The monoisotopic (exact) mass is 407 g/mol. The van der Waals surface area contributed by atoms with Crippen LogP contribution in [0.2, 0.25) is 10.0 Å². The molecule has 0 saturated carbocycles. The van der Waals surface area contributed by atoms with Crippen LogP contribution >= 0.6 is 23.2 Å². The van der Waals surface area contributed by atoms with E-state index in [0.29, 0.717) is 10.6 Å². The molecule has 11 heteroatoms. The summed E-state index contributed by atoms with van der Waals surface area (Å²) >= 11 is 11.8. The third-order valence-corrected chi connectivity index (χ3v) is 4.53. The minimum absolute atomic E-state index is 0.165. The van der Waals surface area contributed by atoms with Crippen molar-refractivity contribution < 1.29 is 10.0 Å². The molecular formula is C16H11Cl2N5O4. The summed E-state index contributed by atoms with van der Waals surface area (Å²) in [6.07, 6.45) is -1.39. The predicted molar refractivity (Wildman–Crippen MR) is 101 cm³/mol. The summed E-state index contributed by atoms with van der Waals surface area (Å²) in [4.78, 5) is 29.3. The van der Waals surface area contributed by atoms with Crippen molar-refractivity contribution in [1.82, 2.24) is 9.97 Å². The van der Waals surface area contributed by atoms with Gasteiger partial charge in [0.1, 0.15) is 11.8 Å². The molecule has 0 aliphatic heterocycles. The number of aromatic nitrogens is 2. The van der Waals surface area contributed by atoms with E-state index in [4.69, 9.17) is 29.0 Å². The van der Waals surface area contributed by atoms with Gasteiger partial charge in [0.15, 0.2) is 5.69 Å². The number of hydrogen-bond donors (Lipinski definition) is 3. The van der Waals surface area contributed by atoms with E-state index in [2.05, 4.69) is 15.1 Å². The predicted octanol–water partition coefficient (Wildman–Crippen LogP) is 2.53. The number of fused-ring (bicyclic) bond motifs is 1. The van der Waals surface area contributed by atoms with Crippen molar-refractivity contribution >= 4 is 45.6 Å². The highest BCUT2D eigenvalue weighted by molar-refractivity contribution is 6.42. The minimum Gasteiger partial charge on any atom is -0.382 e. The normalized spacial score (nSPS) is 12.9. The maximum Gasteiger partial charge on any atom is 0.276 e. The molecule has 9 nitrogen and oxygen atoms in total. The molecule has 0 spiro atoms. The van der Waals surface area contributed by atoms with Gasteiger partial charge >= 0.3 is 0 Å². The maximum atomic E-state index is 12.4. The van der Waals surface area contributed by atoms with Gasteiger partial charge in [-0.1, -0.05) is 29.3 Å². The number of halogens is 2. The number of nitrogens with one attached hydrogen (secondary N) is 1. The SMILES string of the molecule is N/N=C(/c1nc2ccc([N+](=O)[O-])cc2[nH]c1=O)[C@H](O)c1ccc(Cl)c(Cl)c1. The number of aromatic amines is 1. The maximum absolute atomic E-state index is 12.4. The molecule has 0 fully saturated rings. The van der Waals surface area contributed by atoms with Crippen molar-refractivity contribution in [3.63, 3.8) is 0 Å². The van der Waals surface area contributed by atoms with Crippen molar-refractivity contribution in [2.45, 2.75) is 6.10 Å². The largest absolute Gasteiger partial charge is 0.382 e. The lowest BCUT2D eigenvalue weighted by molar-refractivity contribution is -0.384. The number of aliphatic hydroxyl groups is 1. The Morgan fingerprint density at radius 1 is 1.26 bits per heavy atom. The van der Waals surface area contributed by atoms with Gasteiger partial charge in [-0.05, 0) is 23.8 Å². The van der Waals surface area contributed by atoms with Crippen LogP contribution in [0.3, 0.4) is 0 Å². The zero-order valence-electron chi connectivity index (χ0n) is 13.4. The van der Waals surface area contributed by atoms with E-state index in [-0.39, 0.29) is 33.1 Å². The van der Waals surface area contributed by atoms with Crippen molar-refractivity contribution in [2.24, 2.45) is 10.9 Å². The molecule has 1 atom stereocenters. The number of aliphatic hydroxyl groups excluding tert-OH is 1. The molecule has 0 aliphatic carbocycles. The van der Waals surface area contributed by atoms with Crippen LogP contribution in [0.5, 0.6) is 0 Å². The number of nitro groups is 1. The van der Waals surface area contributed by atoms with Crippen molar-refractivity contribution in [3.8, 4) is 0 Å². The van der Waals surface area contributed by atoms with Crippen LogP contribution in [0, 0.1) is 10.1 Å². The summed E-state index contributed by atoms with van der Waals surface area (Å²) in [5.74, 6) is 5.37. The van der Waals surface area contributed by atoms with E-state index in [0.717, 1.165) is 0 Å². The Morgan fingerprint density at radius 2 is 2.00 bits per heavy atom. The molecule has 1 heterocycles. The molecule has 3 rings (SSSR count). The first-order valence-electron chi connectivity index (χ1n) is 7.41. The molecule has 0 radical (unpaired) electrons. The van der Waals surface area contributed by atoms with Crippen LogP contribution in [0.1, 0.15) is 17.4 Å². The molecular weight excluding hydrogens is 397 g/mol. The number of non-ortho nitro benzene ring substituents is 1. The lowest BCUT2D eigenvalue weighted by Crippen LogP contribution is -2.26. The summed E-state index contributed by atoms with van der Waals surface area (Å²) in [5.41, 5.74) is -0.607. The average Bonchev–Trinajstić information content (AvgIpc) is 2.64. The Labute approximate surface area is 161 Å². The van der Waals surface area contributed by atoms with E-state index >= 15 is 0 Å². The van der Waals surface area contributed by atoms with Gasteiger partial charge in [0.05, 0.1) is 26.0 Å². The lowest BCUT2D eigenvalue weighted by atomic mass is 10.0. The van der Waals surface area contributed by atoms with Crippen LogP contribution in [-0.4, -0.2) is 25.7 Å². The topological polar surface area (TPSA) is 147 Å². The van der Waals surface area contributed by atoms with Crippen LogP contribution < -0.4 is 11.4 Å². The van der Waals surface area contributed by atoms with Gasteiger partial charge in [0.25, 0.3) is 11.2 Å². The van der Waals surface area contributed by atoms with Crippen molar-refractivity contribution in [2.75, 3.05) is 0 Å². The molecule has 0 saturated heterocycles. The fourth-order valence-corrected chi connectivity index (χ4v) is 2.77. The van der Waals surface area contributed by atoms with Gasteiger partial charge in [-0.15, -0.1) is 0 Å². The summed E-state index contributed by atoms with van der Waals surface area (Å²) in [6.45, 7) is 0. The molecule has 27 heavy (non-hydrogen) atoms. The Hall–Kier alpha value is -3.01. The number of rotatable bonds is 4. The zero-order valence-corrected chi connectivity index (χ0v) is 14.9. The minimum atomic E-state index is -1.39. The molecule has 2 aromatic carbocycles. The first kappa shape index (κ1) is 18.8. The lowest BCUT2D eigenvalue weighted by Gasteiger charge is -2.13. The van der Waals surface area contributed by atoms with Crippen LogP contribution in [0.15, 0.2) is 46.3 Å². The van der Waals surface area contributed by atoms with E-state index in [1.165, 1.54) is 36.4 Å². The highest BCUT2D eigenvalue weighted by Crippen LogP contribution is 2.27. The second kappa shape index (κ2) is 7.31. The molecule has 0 aliphatic rings.